The zero-order valence-electron chi connectivity index (χ0n) is 17.6. The fourth-order valence-electron chi connectivity index (χ4n) is 3.39. The maximum Gasteiger partial charge on any atom is 0.0611 e. The zero-order chi connectivity index (χ0) is 18.6. The number of hydrogen-bond acceptors (Lipinski definition) is 2. The molecule has 0 saturated heterocycles. The van der Waals surface area contributed by atoms with Crippen LogP contribution in [0, 0.1) is 23.7 Å². The molecule has 3 N–H and O–H groups in total. The van der Waals surface area contributed by atoms with Gasteiger partial charge < -0.3 is 10.8 Å². The SMILES string of the molecule is CC(C)CCCC(C)CCC(N)(CO)CCC(C)CCCC(C)C. The third-order valence-corrected chi connectivity index (χ3v) is 5.54. The van der Waals surface area contributed by atoms with Gasteiger partial charge in [-0.2, -0.15) is 0 Å². The first-order chi connectivity index (χ1) is 11.2. The Morgan fingerprint density at radius 2 is 1.04 bits per heavy atom. The van der Waals surface area contributed by atoms with Crippen molar-refractivity contribution in [2.24, 2.45) is 29.4 Å². The molecule has 0 rings (SSSR count). The summed E-state index contributed by atoms with van der Waals surface area (Å²) in [6, 6.07) is 0. The van der Waals surface area contributed by atoms with E-state index >= 15 is 0 Å². The van der Waals surface area contributed by atoms with E-state index < -0.39 is 0 Å². The van der Waals surface area contributed by atoms with Gasteiger partial charge in [0, 0.05) is 5.54 Å². The summed E-state index contributed by atoms with van der Waals surface area (Å²) < 4.78 is 0. The summed E-state index contributed by atoms with van der Waals surface area (Å²) in [4.78, 5) is 0. The van der Waals surface area contributed by atoms with Crippen molar-refractivity contribution in [2.75, 3.05) is 6.61 Å². The van der Waals surface area contributed by atoms with Gasteiger partial charge >= 0.3 is 0 Å². The standard InChI is InChI=1S/C22H47NO/c1-18(2)9-7-11-20(5)13-15-22(23,17-24)16-14-21(6)12-8-10-19(3)4/h18-21,24H,7-17,23H2,1-6H3. The van der Waals surface area contributed by atoms with E-state index in [2.05, 4.69) is 41.5 Å². The molecule has 146 valence electrons. The predicted octanol–water partition coefficient (Wildman–Crippen LogP) is 6.16. The lowest BCUT2D eigenvalue weighted by atomic mass is 9.83. The fourth-order valence-corrected chi connectivity index (χ4v) is 3.39. The van der Waals surface area contributed by atoms with Crippen LogP contribution in [0.15, 0.2) is 0 Å². The van der Waals surface area contributed by atoms with Crippen LogP contribution in [-0.2, 0) is 0 Å². The molecule has 2 atom stereocenters. The average Bonchev–Trinajstić information content (AvgIpc) is 2.50. The molecule has 0 aliphatic rings. The van der Waals surface area contributed by atoms with Crippen molar-refractivity contribution in [1.29, 1.82) is 0 Å². The van der Waals surface area contributed by atoms with E-state index in [-0.39, 0.29) is 12.1 Å². The molecule has 0 bridgehead atoms. The van der Waals surface area contributed by atoms with Gasteiger partial charge in [-0.15, -0.1) is 0 Å². The molecule has 0 radical (unpaired) electrons. The van der Waals surface area contributed by atoms with Crippen molar-refractivity contribution in [3.05, 3.63) is 0 Å². The number of aliphatic hydroxyl groups is 1. The number of aliphatic hydroxyl groups excluding tert-OH is 1. The summed E-state index contributed by atoms with van der Waals surface area (Å²) in [7, 11) is 0. The molecule has 2 nitrogen and oxygen atoms in total. The second-order valence-electron chi connectivity index (χ2n) is 9.46. The van der Waals surface area contributed by atoms with Gasteiger partial charge in [0.2, 0.25) is 0 Å². The van der Waals surface area contributed by atoms with Gasteiger partial charge in [0.05, 0.1) is 6.61 Å². The Morgan fingerprint density at radius 1 is 0.667 bits per heavy atom. The van der Waals surface area contributed by atoms with E-state index in [9.17, 15) is 5.11 Å². The van der Waals surface area contributed by atoms with Gasteiger partial charge in [0.25, 0.3) is 0 Å². The minimum absolute atomic E-state index is 0.129. The minimum atomic E-state index is -0.362. The van der Waals surface area contributed by atoms with Crippen molar-refractivity contribution in [2.45, 2.75) is 111 Å². The van der Waals surface area contributed by atoms with Crippen molar-refractivity contribution in [3.63, 3.8) is 0 Å². The Balaban J connectivity index is 4.01. The molecule has 0 aromatic rings. The van der Waals surface area contributed by atoms with Crippen LogP contribution in [-0.4, -0.2) is 17.3 Å². The molecule has 0 aliphatic carbocycles. The second-order valence-corrected chi connectivity index (χ2v) is 9.46. The number of hydrogen-bond donors (Lipinski definition) is 2. The molecule has 0 heterocycles. The molecular formula is C22H47NO. The quantitative estimate of drug-likeness (QED) is 0.374. The highest BCUT2D eigenvalue weighted by Gasteiger charge is 2.25. The first-order valence-electron chi connectivity index (χ1n) is 10.6. The largest absolute Gasteiger partial charge is 0.394 e. The molecule has 2 unspecified atom stereocenters. The van der Waals surface area contributed by atoms with Crippen LogP contribution < -0.4 is 5.73 Å². The van der Waals surface area contributed by atoms with Crippen molar-refractivity contribution in [1.82, 2.24) is 0 Å². The molecule has 0 spiro atoms. The lowest BCUT2D eigenvalue weighted by Crippen LogP contribution is -2.44. The highest BCUT2D eigenvalue weighted by atomic mass is 16.3. The molecule has 0 saturated carbocycles. The molecule has 0 amide bonds. The molecule has 0 aromatic carbocycles. The third kappa shape index (κ3) is 13.2. The number of rotatable bonds is 15. The summed E-state index contributed by atoms with van der Waals surface area (Å²) in [6.07, 6.45) is 12.1. The van der Waals surface area contributed by atoms with Crippen LogP contribution in [0.1, 0.15) is 106 Å². The zero-order valence-corrected chi connectivity index (χ0v) is 17.6. The van der Waals surface area contributed by atoms with Crippen molar-refractivity contribution < 1.29 is 5.11 Å². The Bertz CT molecular complexity index is 264. The van der Waals surface area contributed by atoms with Gasteiger partial charge in [-0.05, 0) is 49.4 Å². The number of nitrogens with two attached hydrogens (primary N) is 1. The van der Waals surface area contributed by atoms with Gasteiger partial charge in [-0.3, -0.25) is 0 Å². The summed E-state index contributed by atoms with van der Waals surface area (Å²) in [5, 5.41) is 9.78. The minimum Gasteiger partial charge on any atom is -0.394 e. The van der Waals surface area contributed by atoms with E-state index in [4.69, 9.17) is 5.73 Å². The van der Waals surface area contributed by atoms with Crippen LogP contribution in [0.25, 0.3) is 0 Å². The molecule has 2 heteroatoms. The normalized spacial score (nSPS) is 17.2. The predicted molar refractivity (Wildman–Crippen MR) is 108 cm³/mol. The van der Waals surface area contributed by atoms with E-state index in [0.717, 1.165) is 49.4 Å². The van der Waals surface area contributed by atoms with Crippen molar-refractivity contribution in [3.8, 4) is 0 Å². The Kier molecular flexibility index (Phi) is 13.1. The summed E-state index contributed by atoms with van der Waals surface area (Å²) in [5.41, 5.74) is 6.14. The van der Waals surface area contributed by atoms with E-state index in [1.165, 1.54) is 38.5 Å². The monoisotopic (exact) mass is 341 g/mol. The third-order valence-electron chi connectivity index (χ3n) is 5.54. The van der Waals surface area contributed by atoms with Gasteiger partial charge in [-0.25, -0.2) is 0 Å². The first kappa shape index (κ1) is 23.9. The second kappa shape index (κ2) is 13.2. The van der Waals surface area contributed by atoms with Gasteiger partial charge in [0.1, 0.15) is 0 Å². The summed E-state index contributed by atoms with van der Waals surface area (Å²) in [5.74, 6) is 3.06. The summed E-state index contributed by atoms with van der Waals surface area (Å²) in [6.45, 7) is 14.0. The topological polar surface area (TPSA) is 46.2 Å². The summed E-state index contributed by atoms with van der Waals surface area (Å²) >= 11 is 0. The smallest absolute Gasteiger partial charge is 0.0611 e. The average molecular weight is 342 g/mol. The first-order valence-corrected chi connectivity index (χ1v) is 10.6. The Labute approximate surface area is 153 Å². The molecule has 24 heavy (non-hydrogen) atoms. The Morgan fingerprint density at radius 3 is 1.33 bits per heavy atom. The van der Waals surface area contributed by atoms with E-state index in [1.54, 1.807) is 0 Å². The molecule has 0 aromatic heterocycles. The molecule has 0 fully saturated rings. The highest BCUT2D eigenvalue weighted by molar-refractivity contribution is 4.84. The van der Waals surface area contributed by atoms with Gasteiger partial charge in [0.15, 0.2) is 0 Å². The van der Waals surface area contributed by atoms with Crippen LogP contribution in [0.3, 0.4) is 0 Å². The van der Waals surface area contributed by atoms with E-state index in [1.807, 2.05) is 0 Å². The van der Waals surface area contributed by atoms with Crippen LogP contribution in [0.5, 0.6) is 0 Å². The highest BCUT2D eigenvalue weighted by Crippen LogP contribution is 2.26. The Hall–Kier alpha value is -0.0800. The maximum atomic E-state index is 9.78. The van der Waals surface area contributed by atoms with Crippen LogP contribution in [0.2, 0.25) is 0 Å². The molecular weight excluding hydrogens is 294 g/mol. The van der Waals surface area contributed by atoms with Crippen LogP contribution >= 0.6 is 0 Å². The fraction of sp³-hybridized carbons (Fsp3) is 1.00. The maximum absolute atomic E-state index is 9.78. The lowest BCUT2D eigenvalue weighted by Gasteiger charge is -2.30. The van der Waals surface area contributed by atoms with Gasteiger partial charge in [-0.1, -0.05) is 80.1 Å². The molecule has 0 aliphatic heterocycles. The van der Waals surface area contributed by atoms with Crippen LogP contribution in [0.4, 0.5) is 0 Å². The lowest BCUT2D eigenvalue weighted by molar-refractivity contribution is 0.161. The van der Waals surface area contributed by atoms with Crippen molar-refractivity contribution >= 4 is 0 Å². The van der Waals surface area contributed by atoms with E-state index in [0.29, 0.717) is 0 Å².